The molecule has 3 aromatic carbocycles. The van der Waals surface area contributed by atoms with Crippen molar-refractivity contribution in [1.82, 2.24) is 14.8 Å². The first-order valence-corrected chi connectivity index (χ1v) is 11.1. The molecule has 2 atom stereocenters. The quantitative estimate of drug-likeness (QED) is 0.461. The maximum absolute atomic E-state index is 6.70. The topological polar surface area (TPSA) is 70.4 Å². The molecule has 2 aliphatic heterocycles. The van der Waals surface area contributed by atoms with Crippen molar-refractivity contribution in [3.05, 3.63) is 101 Å². The van der Waals surface area contributed by atoms with E-state index in [0.717, 1.165) is 39.3 Å². The van der Waals surface area contributed by atoms with Gasteiger partial charge < -0.3 is 19.5 Å². The Labute approximate surface area is 197 Å². The van der Waals surface area contributed by atoms with Crippen LogP contribution in [0.2, 0.25) is 0 Å². The lowest BCUT2D eigenvalue weighted by molar-refractivity contribution is 0.222. The monoisotopic (exact) mass is 452 g/mol. The van der Waals surface area contributed by atoms with Crippen LogP contribution < -0.4 is 19.5 Å². The number of ether oxygens (including phenoxy) is 3. The van der Waals surface area contributed by atoms with Gasteiger partial charge in [0.05, 0.1) is 19.9 Å². The number of aromatic nitrogens is 3. The number of rotatable bonds is 4. The molecule has 0 saturated carbocycles. The van der Waals surface area contributed by atoms with E-state index in [1.807, 2.05) is 47.1 Å². The van der Waals surface area contributed by atoms with Crippen molar-refractivity contribution in [1.29, 1.82) is 0 Å². The van der Waals surface area contributed by atoms with Gasteiger partial charge in [-0.25, -0.2) is 4.68 Å². The summed E-state index contributed by atoms with van der Waals surface area (Å²) in [5.41, 5.74) is 6.30. The Balaban J connectivity index is 1.62. The molecule has 170 valence electrons. The maximum atomic E-state index is 6.70. The molecule has 7 heteroatoms. The van der Waals surface area contributed by atoms with Crippen LogP contribution in [-0.4, -0.2) is 29.0 Å². The number of hydrogen-bond donors (Lipinski definition) is 1. The summed E-state index contributed by atoms with van der Waals surface area (Å²) in [4.78, 5) is 4.50. The Morgan fingerprint density at radius 2 is 1.74 bits per heavy atom. The molecule has 0 spiro atoms. The van der Waals surface area contributed by atoms with Gasteiger partial charge in [-0.2, -0.15) is 10.1 Å². The molecule has 0 unspecified atom stereocenters. The Morgan fingerprint density at radius 3 is 2.53 bits per heavy atom. The van der Waals surface area contributed by atoms with Crippen molar-refractivity contribution in [3.63, 3.8) is 0 Å². The fraction of sp³-hybridized carbons (Fsp3) is 0.185. The van der Waals surface area contributed by atoms with Gasteiger partial charge in [-0.15, -0.1) is 0 Å². The average Bonchev–Trinajstić information content (AvgIpc) is 3.35. The van der Waals surface area contributed by atoms with E-state index in [1.165, 1.54) is 0 Å². The second kappa shape index (κ2) is 7.95. The first kappa shape index (κ1) is 20.4. The predicted octanol–water partition coefficient (Wildman–Crippen LogP) is 5.16. The summed E-state index contributed by atoms with van der Waals surface area (Å²) in [6, 6.07) is 22.3. The van der Waals surface area contributed by atoms with Crippen LogP contribution in [0.25, 0.3) is 5.70 Å². The summed E-state index contributed by atoms with van der Waals surface area (Å²) >= 11 is 0. The van der Waals surface area contributed by atoms with Gasteiger partial charge in [0.25, 0.3) is 0 Å². The van der Waals surface area contributed by atoms with Gasteiger partial charge in [-0.1, -0.05) is 48.0 Å². The van der Waals surface area contributed by atoms with E-state index in [0.29, 0.717) is 17.4 Å². The van der Waals surface area contributed by atoms with Crippen LogP contribution >= 0.6 is 0 Å². The first-order valence-electron chi connectivity index (χ1n) is 11.1. The van der Waals surface area contributed by atoms with Crippen molar-refractivity contribution in [2.75, 3.05) is 19.5 Å². The van der Waals surface area contributed by atoms with Crippen LogP contribution in [0.3, 0.4) is 0 Å². The average molecular weight is 453 g/mol. The first-order chi connectivity index (χ1) is 16.7. The Hall–Kier alpha value is -4.26. The number of nitrogens with zero attached hydrogens (tertiary/aromatic N) is 3. The summed E-state index contributed by atoms with van der Waals surface area (Å²) in [6.45, 7) is 2.08. The van der Waals surface area contributed by atoms with E-state index in [4.69, 9.17) is 14.2 Å². The number of anilines is 1. The summed E-state index contributed by atoms with van der Waals surface area (Å²) in [5, 5.41) is 8.12. The summed E-state index contributed by atoms with van der Waals surface area (Å²) in [6.07, 6.45) is 1.21. The predicted molar refractivity (Wildman–Crippen MR) is 129 cm³/mol. The highest BCUT2D eigenvalue weighted by atomic mass is 16.5. The van der Waals surface area contributed by atoms with E-state index in [2.05, 4.69) is 46.6 Å². The summed E-state index contributed by atoms with van der Waals surface area (Å²) in [5.74, 6) is 2.85. The van der Waals surface area contributed by atoms with E-state index in [1.54, 1.807) is 20.5 Å². The highest BCUT2D eigenvalue weighted by Gasteiger charge is 2.41. The minimum Gasteiger partial charge on any atom is -0.493 e. The van der Waals surface area contributed by atoms with Gasteiger partial charge in [-0.05, 0) is 36.8 Å². The second-order valence-electron chi connectivity index (χ2n) is 8.41. The fourth-order valence-electron chi connectivity index (χ4n) is 4.83. The smallest absolute Gasteiger partial charge is 0.226 e. The zero-order valence-corrected chi connectivity index (χ0v) is 19.1. The molecule has 0 fully saturated rings. The van der Waals surface area contributed by atoms with Crippen molar-refractivity contribution in [2.24, 2.45) is 0 Å². The normalized spacial score (nSPS) is 18.2. The lowest BCUT2D eigenvalue weighted by Crippen LogP contribution is -2.32. The highest BCUT2D eigenvalue weighted by Crippen LogP contribution is 2.51. The van der Waals surface area contributed by atoms with Crippen molar-refractivity contribution in [3.8, 4) is 17.2 Å². The molecule has 3 heterocycles. The molecule has 2 aliphatic rings. The van der Waals surface area contributed by atoms with Gasteiger partial charge in [0.1, 0.15) is 24.2 Å². The highest BCUT2D eigenvalue weighted by molar-refractivity contribution is 5.85. The second-order valence-corrected chi connectivity index (χ2v) is 8.41. The number of aryl methyl sites for hydroxylation is 1. The van der Waals surface area contributed by atoms with E-state index >= 15 is 0 Å². The van der Waals surface area contributed by atoms with E-state index in [9.17, 15) is 0 Å². The number of fused-ring (bicyclic) bond motifs is 3. The molecule has 6 rings (SSSR count). The van der Waals surface area contributed by atoms with E-state index < -0.39 is 0 Å². The largest absolute Gasteiger partial charge is 0.493 e. The lowest BCUT2D eigenvalue weighted by atomic mass is 9.84. The Bertz CT molecular complexity index is 1410. The number of nitrogens with one attached hydrogen (secondary N) is 1. The zero-order valence-electron chi connectivity index (χ0n) is 19.1. The minimum absolute atomic E-state index is 0.193. The third kappa shape index (κ3) is 3.12. The maximum Gasteiger partial charge on any atom is 0.226 e. The van der Waals surface area contributed by atoms with Crippen LogP contribution in [0.1, 0.15) is 34.4 Å². The molecular formula is C27H24N4O3. The van der Waals surface area contributed by atoms with Crippen molar-refractivity contribution >= 4 is 11.6 Å². The third-order valence-corrected chi connectivity index (χ3v) is 6.40. The van der Waals surface area contributed by atoms with Gasteiger partial charge >= 0.3 is 0 Å². The molecule has 4 aromatic rings. The van der Waals surface area contributed by atoms with Crippen molar-refractivity contribution in [2.45, 2.75) is 19.1 Å². The standard InChI is InChI=1S/C27H24N4O3/c1-16-9-11-20-19(13-16)24-23(26(34-20)18-10-12-21(32-2)22(14-18)33-3)25(17-7-5-4-6-8-17)31-27(30-24)28-15-29-31/h4-15,25-26H,1-3H3,(H,28,29,30)/t25-,26-/m0/s1. The van der Waals surface area contributed by atoms with Crippen LogP contribution in [0.4, 0.5) is 5.95 Å². The minimum atomic E-state index is -0.375. The molecular weight excluding hydrogens is 428 g/mol. The van der Waals surface area contributed by atoms with Gasteiger partial charge in [-0.3, -0.25) is 0 Å². The summed E-state index contributed by atoms with van der Waals surface area (Å²) in [7, 11) is 3.28. The van der Waals surface area contributed by atoms with Gasteiger partial charge in [0.15, 0.2) is 11.5 Å². The van der Waals surface area contributed by atoms with Crippen LogP contribution in [0.5, 0.6) is 17.2 Å². The molecule has 0 aliphatic carbocycles. The molecule has 0 radical (unpaired) electrons. The van der Waals surface area contributed by atoms with E-state index in [-0.39, 0.29) is 12.1 Å². The molecule has 1 aromatic heterocycles. The fourth-order valence-corrected chi connectivity index (χ4v) is 4.83. The molecule has 1 N–H and O–H groups in total. The number of benzene rings is 3. The SMILES string of the molecule is COc1ccc([C@@H]2Oc3ccc(C)cc3C3=C2[C@H](c2ccccc2)n2ncnc2N3)cc1OC. The van der Waals surface area contributed by atoms with Crippen molar-refractivity contribution < 1.29 is 14.2 Å². The Morgan fingerprint density at radius 1 is 0.912 bits per heavy atom. The van der Waals surface area contributed by atoms with Crippen LogP contribution in [0, 0.1) is 6.92 Å². The number of methoxy groups -OCH3 is 2. The summed E-state index contributed by atoms with van der Waals surface area (Å²) < 4.78 is 19.7. The molecule has 0 saturated heterocycles. The Kier molecular flexibility index (Phi) is 4.76. The zero-order chi connectivity index (χ0) is 23.2. The van der Waals surface area contributed by atoms with Gasteiger partial charge in [0.2, 0.25) is 5.95 Å². The molecule has 7 nitrogen and oxygen atoms in total. The number of hydrogen-bond acceptors (Lipinski definition) is 6. The third-order valence-electron chi connectivity index (χ3n) is 6.40. The molecule has 0 amide bonds. The van der Waals surface area contributed by atoms with Gasteiger partial charge in [0, 0.05) is 16.7 Å². The molecule has 0 bridgehead atoms. The lowest BCUT2D eigenvalue weighted by Gasteiger charge is -2.39. The van der Waals surface area contributed by atoms with Crippen LogP contribution in [-0.2, 0) is 0 Å². The van der Waals surface area contributed by atoms with Crippen LogP contribution in [0.15, 0.2) is 78.6 Å². The molecule has 34 heavy (non-hydrogen) atoms.